The van der Waals surface area contributed by atoms with Crippen LogP contribution in [0.25, 0.3) is 0 Å². The minimum atomic E-state index is -0.296. The van der Waals surface area contributed by atoms with Crippen LogP contribution in [0, 0.1) is 6.92 Å². The number of amides is 2. The van der Waals surface area contributed by atoms with Crippen molar-refractivity contribution in [1.29, 1.82) is 0 Å². The number of nitrogens with zero attached hydrogens (tertiary/aromatic N) is 3. The third kappa shape index (κ3) is 4.74. The smallest absolute Gasteiger partial charge is 0.286 e. The number of anilines is 1. The first-order chi connectivity index (χ1) is 15.0. The molecule has 0 aliphatic carbocycles. The van der Waals surface area contributed by atoms with Crippen molar-refractivity contribution < 1.29 is 14.3 Å². The number of hydrogen-bond donors (Lipinski definition) is 1. The molecular weight excluding hydrogens is 412 g/mol. The van der Waals surface area contributed by atoms with Gasteiger partial charge in [-0.1, -0.05) is 29.0 Å². The molecule has 1 saturated heterocycles. The number of rotatable bonds is 6. The fourth-order valence-electron chi connectivity index (χ4n) is 3.58. The predicted molar refractivity (Wildman–Crippen MR) is 120 cm³/mol. The molecule has 2 aromatic carbocycles. The van der Waals surface area contributed by atoms with Gasteiger partial charge >= 0.3 is 0 Å². The minimum Gasteiger partial charge on any atom is -0.494 e. The van der Waals surface area contributed by atoms with E-state index in [1.807, 2.05) is 43.0 Å². The summed E-state index contributed by atoms with van der Waals surface area (Å²) < 4.78 is 5.45. The van der Waals surface area contributed by atoms with E-state index >= 15 is 0 Å². The summed E-state index contributed by atoms with van der Waals surface area (Å²) in [6.07, 6.45) is 1.69. The molecular formula is C23H24N4O3S. The summed E-state index contributed by atoms with van der Waals surface area (Å²) in [6, 6.07) is 14.6. The molecule has 31 heavy (non-hydrogen) atoms. The van der Waals surface area contributed by atoms with Crippen LogP contribution in [0.2, 0.25) is 0 Å². The third-order valence-electron chi connectivity index (χ3n) is 5.16. The van der Waals surface area contributed by atoms with Crippen LogP contribution in [0.3, 0.4) is 0 Å². The number of ether oxygens (including phenoxy) is 1. The van der Waals surface area contributed by atoms with Crippen molar-refractivity contribution in [2.24, 2.45) is 0 Å². The maximum absolute atomic E-state index is 13.1. The minimum absolute atomic E-state index is 0.0496. The van der Waals surface area contributed by atoms with E-state index in [2.05, 4.69) is 15.5 Å². The summed E-state index contributed by atoms with van der Waals surface area (Å²) in [4.78, 5) is 27.4. The van der Waals surface area contributed by atoms with Crippen molar-refractivity contribution >= 4 is 28.8 Å². The van der Waals surface area contributed by atoms with Crippen molar-refractivity contribution in [2.75, 3.05) is 18.5 Å². The summed E-state index contributed by atoms with van der Waals surface area (Å²) in [5.41, 5.74) is 2.44. The summed E-state index contributed by atoms with van der Waals surface area (Å²) in [7, 11) is 0. The number of benzene rings is 2. The Hall–Kier alpha value is -3.26. The van der Waals surface area contributed by atoms with Crippen molar-refractivity contribution in [3.8, 4) is 5.75 Å². The first-order valence-electron chi connectivity index (χ1n) is 10.3. The predicted octanol–water partition coefficient (Wildman–Crippen LogP) is 4.47. The molecule has 160 valence electrons. The Bertz CT molecular complexity index is 1060. The Morgan fingerprint density at radius 3 is 2.58 bits per heavy atom. The molecule has 4 rings (SSSR count). The molecule has 3 aromatic rings. The molecule has 1 atom stereocenters. The second kappa shape index (κ2) is 9.26. The van der Waals surface area contributed by atoms with Crippen molar-refractivity contribution in [2.45, 2.75) is 32.7 Å². The summed E-state index contributed by atoms with van der Waals surface area (Å²) in [5.74, 6) is 0.395. The molecule has 0 radical (unpaired) electrons. The molecule has 0 unspecified atom stereocenters. The van der Waals surface area contributed by atoms with Gasteiger partial charge < -0.3 is 15.0 Å². The van der Waals surface area contributed by atoms with Crippen molar-refractivity contribution in [1.82, 2.24) is 15.1 Å². The van der Waals surface area contributed by atoms with E-state index in [0.717, 1.165) is 24.2 Å². The van der Waals surface area contributed by atoms with E-state index in [1.54, 1.807) is 24.3 Å². The normalized spacial score (nSPS) is 15.7. The highest BCUT2D eigenvalue weighted by Gasteiger charge is 2.33. The van der Waals surface area contributed by atoms with Crippen LogP contribution < -0.4 is 10.1 Å². The van der Waals surface area contributed by atoms with Gasteiger partial charge in [-0.15, -0.1) is 10.2 Å². The van der Waals surface area contributed by atoms with Gasteiger partial charge in [0, 0.05) is 17.8 Å². The first-order valence-corrected chi connectivity index (χ1v) is 11.1. The lowest BCUT2D eigenvalue weighted by Crippen LogP contribution is -2.30. The van der Waals surface area contributed by atoms with Gasteiger partial charge in [0.15, 0.2) is 0 Å². The van der Waals surface area contributed by atoms with Gasteiger partial charge in [0.1, 0.15) is 10.8 Å². The van der Waals surface area contributed by atoms with Gasteiger partial charge in [0.25, 0.3) is 11.8 Å². The van der Waals surface area contributed by atoms with E-state index < -0.39 is 0 Å². The standard InChI is InChI=1S/C23H24N4O3S/c1-3-30-18-12-8-16(9-13-18)23(29)27-14-4-5-19(27)21-25-26-22(31-21)20(28)24-17-10-6-15(2)7-11-17/h6-13,19H,3-5,14H2,1-2H3,(H,24,28)/t19-/m1/s1. The Morgan fingerprint density at radius 2 is 1.87 bits per heavy atom. The highest BCUT2D eigenvalue weighted by Crippen LogP contribution is 2.35. The van der Waals surface area contributed by atoms with E-state index in [-0.39, 0.29) is 22.9 Å². The summed E-state index contributed by atoms with van der Waals surface area (Å²) in [6.45, 7) is 5.15. The van der Waals surface area contributed by atoms with Gasteiger partial charge in [0.05, 0.1) is 12.6 Å². The van der Waals surface area contributed by atoms with Gasteiger partial charge in [-0.3, -0.25) is 9.59 Å². The maximum Gasteiger partial charge on any atom is 0.286 e. The number of likely N-dealkylation sites (tertiary alicyclic amines) is 1. The monoisotopic (exact) mass is 436 g/mol. The van der Waals surface area contributed by atoms with Crippen LogP contribution in [0.4, 0.5) is 5.69 Å². The van der Waals surface area contributed by atoms with Crippen LogP contribution in [-0.2, 0) is 0 Å². The molecule has 2 amide bonds. The number of carbonyl (C=O) groups is 2. The Kier molecular flexibility index (Phi) is 6.27. The highest BCUT2D eigenvalue weighted by atomic mass is 32.1. The van der Waals surface area contributed by atoms with Crippen LogP contribution in [0.1, 0.15) is 56.5 Å². The number of hydrogen-bond acceptors (Lipinski definition) is 6. The highest BCUT2D eigenvalue weighted by molar-refractivity contribution is 7.13. The number of aryl methyl sites for hydroxylation is 1. The lowest BCUT2D eigenvalue weighted by Gasteiger charge is -2.22. The third-order valence-corrected chi connectivity index (χ3v) is 6.18. The van der Waals surface area contributed by atoms with Gasteiger partial charge in [0.2, 0.25) is 5.01 Å². The molecule has 1 aromatic heterocycles. The Morgan fingerprint density at radius 1 is 1.13 bits per heavy atom. The van der Waals surface area contributed by atoms with Crippen molar-refractivity contribution in [3.63, 3.8) is 0 Å². The van der Waals surface area contributed by atoms with Gasteiger partial charge in [-0.25, -0.2) is 0 Å². The largest absolute Gasteiger partial charge is 0.494 e. The molecule has 1 aliphatic rings. The van der Waals surface area contributed by atoms with Crippen molar-refractivity contribution in [3.05, 3.63) is 69.7 Å². The Balaban J connectivity index is 1.46. The average molecular weight is 437 g/mol. The van der Waals surface area contributed by atoms with Crippen LogP contribution in [0.5, 0.6) is 5.75 Å². The van der Waals surface area contributed by atoms with Crippen LogP contribution >= 0.6 is 11.3 Å². The molecule has 1 fully saturated rings. The molecule has 8 heteroatoms. The van der Waals surface area contributed by atoms with E-state index in [4.69, 9.17) is 4.74 Å². The zero-order chi connectivity index (χ0) is 21.8. The molecule has 0 saturated carbocycles. The topological polar surface area (TPSA) is 84.4 Å². The van der Waals surface area contributed by atoms with Gasteiger partial charge in [-0.05, 0) is 63.1 Å². The molecule has 0 spiro atoms. The second-order valence-electron chi connectivity index (χ2n) is 7.38. The molecule has 0 bridgehead atoms. The number of nitrogens with one attached hydrogen (secondary N) is 1. The number of aromatic nitrogens is 2. The van der Waals surface area contributed by atoms with E-state index in [9.17, 15) is 9.59 Å². The number of carbonyl (C=O) groups excluding carboxylic acids is 2. The van der Waals surface area contributed by atoms with Gasteiger partial charge in [-0.2, -0.15) is 0 Å². The summed E-state index contributed by atoms with van der Waals surface area (Å²) >= 11 is 1.24. The fraction of sp³-hybridized carbons (Fsp3) is 0.304. The van der Waals surface area contributed by atoms with Crippen LogP contribution in [0.15, 0.2) is 48.5 Å². The first kappa shape index (κ1) is 21.0. The van der Waals surface area contributed by atoms with E-state index in [1.165, 1.54) is 11.3 Å². The summed E-state index contributed by atoms with van der Waals surface area (Å²) in [5, 5.41) is 12.1. The lowest BCUT2D eigenvalue weighted by molar-refractivity contribution is 0.0735. The molecule has 2 heterocycles. The van der Waals surface area contributed by atoms with E-state index in [0.29, 0.717) is 29.4 Å². The average Bonchev–Trinajstić information content (AvgIpc) is 3.45. The molecule has 1 aliphatic heterocycles. The SMILES string of the molecule is CCOc1ccc(C(=O)N2CCC[C@@H]2c2nnc(C(=O)Nc3ccc(C)cc3)s2)cc1. The zero-order valence-electron chi connectivity index (χ0n) is 17.5. The lowest BCUT2D eigenvalue weighted by atomic mass is 10.1. The maximum atomic E-state index is 13.1. The fourth-order valence-corrected chi connectivity index (χ4v) is 4.46. The Labute approximate surface area is 185 Å². The molecule has 7 nitrogen and oxygen atoms in total. The van der Waals surface area contributed by atoms with Crippen LogP contribution in [-0.4, -0.2) is 40.1 Å². The molecule has 1 N–H and O–H groups in total. The second-order valence-corrected chi connectivity index (χ2v) is 8.39. The zero-order valence-corrected chi connectivity index (χ0v) is 18.3. The quantitative estimate of drug-likeness (QED) is 0.616.